The van der Waals surface area contributed by atoms with Gasteiger partial charge in [0.2, 0.25) is 0 Å². The maximum absolute atomic E-state index is 0. The van der Waals surface area contributed by atoms with E-state index in [0.29, 0.717) is 0 Å². The van der Waals surface area contributed by atoms with E-state index in [1.165, 1.54) is 0 Å². The summed E-state index contributed by atoms with van der Waals surface area (Å²) in [5.74, 6) is 0. The van der Waals surface area contributed by atoms with E-state index in [2.05, 4.69) is 0 Å². The molecule has 4 heteroatoms. The molecule has 0 atom stereocenters. The van der Waals surface area contributed by atoms with Crippen LogP contribution in [0.5, 0.6) is 0 Å². The minimum Gasteiger partial charge on any atom is -0.412 e. The van der Waals surface area contributed by atoms with Crippen molar-refractivity contribution in [2.75, 3.05) is 0 Å². The van der Waals surface area contributed by atoms with E-state index < -0.39 is 0 Å². The van der Waals surface area contributed by atoms with Crippen LogP contribution in [-0.4, -0.2) is 11.0 Å². The molecule has 0 aromatic carbocycles. The molecule has 0 radical (unpaired) electrons. The predicted molar refractivity (Wildman–Crippen MR) is 7.23 cm³/mol. The Morgan fingerprint density at radius 2 is 0.500 bits per heavy atom. The maximum atomic E-state index is 0. The summed E-state index contributed by atoms with van der Waals surface area (Å²) in [6, 6.07) is 0. The Labute approximate surface area is 12.3 Å². The quantitative estimate of drug-likeness (QED) is 0.336. The molecule has 0 bridgehead atoms. The topological polar surface area (TPSA) is 63.0 Å². The molecule has 0 saturated heterocycles. The van der Waals surface area contributed by atoms with E-state index in [1.807, 2.05) is 0 Å². The van der Waals surface area contributed by atoms with Crippen LogP contribution in [0.4, 0.5) is 0 Å². The third-order valence-corrected chi connectivity index (χ3v) is 0. The molecule has 20 valence electrons. The molecule has 0 saturated carbocycles. The summed E-state index contributed by atoms with van der Waals surface area (Å²) < 4.78 is 0. The second-order valence-electron chi connectivity index (χ2n) is 0. The normalized spacial score (nSPS) is 0. The molecule has 0 aromatic heterocycles. The van der Waals surface area contributed by atoms with Gasteiger partial charge in [0.1, 0.15) is 0 Å². The fraction of sp³-hybridized carbons (Fsp3) is 0. The van der Waals surface area contributed by atoms with Gasteiger partial charge in [0.15, 0.2) is 0 Å². The van der Waals surface area contributed by atoms with E-state index in [-0.39, 0.29) is 11.0 Å². The third kappa shape index (κ3) is -0.0216. The SMILES string of the molecule is O.O.[Rf].[Rf]. The van der Waals surface area contributed by atoms with Gasteiger partial charge in [-0.25, -0.2) is 0 Å². The molecule has 0 amide bonds. The van der Waals surface area contributed by atoms with Crippen LogP contribution in [0.3, 0.4) is 0 Å². The van der Waals surface area contributed by atoms with Gasteiger partial charge in [-0.3, -0.25) is 0 Å². The zero-order valence-corrected chi connectivity index (χ0v) is 15.2. The van der Waals surface area contributed by atoms with Crippen molar-refractivity contribution in [1.29, 1.82) is 0 Å². The van der Waals surface area contributed by atoms with Crippen LogP contribution in [0.2, 0.25) is 0 Å². The smallest absolute Gasteiger partial charge is 0 e. The summed E-state index contributed by atoms with van der Waals surface area (Å²) in [4.78, 5) is 0. The van der Waals surface area contributed by atoms with Gasteiger partial charge in [0.25, 0.3) is 0 Å². The van der Waals surface area contributed by atoms with Crippen LogP contribution < -0.4 is 0 Å². The largest absolute Gasteiger partial charge is 0.412 e. The second-order valence-corrected chi connectivity index (χ2v) is 0. The Bertz CT molecular complexity index is 4.00. The van der Waals surface area contributed by atoms with Crippen LogP contribution in [0.1, 0.15) is 0 Å². The monoisotopic (exact) mass is 570 g/mol. The van der Waals surface area contributed by atoms with Gasteiger partial charge < -0.3 is 11.0 Å². The van der Waals surface area contributed by atoms with E-state index >= 15 is 0 Å². The number of hydrogen-bond acceptors (Lipinski definition) is 0. The fourth-order valence-corrected chi connectivity index (χ4v) is 0. The van der Waals surface area contributed by atoms with Gasteiger partial charge in [-0.05, 0) is 0 Å². The molecule has 0 rings (SSSR count). The molecular weight excluding hydrogens is 566 g/mol. The van der Waals surface area contributed by atoms with Crippen molar-refractivity contribution in [2.45, 2.75) is 0 Å². The Morgan fingerprint density at radius 1 is 0.500 bits per heavy atom. The van der Waals surface area contributed by atoms with Gasteiger partial charge >= 0.3 is 0 Å². The number of hydrogen-bond donors (Lipinski definition) is 0. The van der Waals surface area contributed by atoms with Crippen LogP contribution in [-0.2, 0) is 0 Å². The van der Waals surface area contributed by atoms with Crippen molar-refractivity contribution >= 4 is 0 Å². The van der Waals surface area contributed by atoms with Gasteiger partial charge in [0, 0.05) is 0 Å². The average Bonchev–Trinajstić information content (AvgIpc) is 0. The molecule has 0 unspecified atom stereocenters. The van der Waals surface area contributed by atoms with Crippen LogP contribution in [0.25, 0.3) is 0 Å². The van der Waals surface area contributed by atoms with Gasteiger partial charge in [0.05, 0.1) is 0 Å². The van der Waals surface area contributed by atoms with E-state index in [9.17, 15) is 0 Å². The molecular formula is H4O2Rf2. The molecule has 0 aliphatic carbocycles. The Hall–Kier alpha value is -2.08. The van der Waals surface area contributed by atoms with Crippen molar-refractivity contribution in [3.63, 3.8) is 0 Å². The zero-order valence-electron chi connectivity index (χ0n) is 2.41. The van der Waals surface area contributed by atoms with Crippen LogP contribution in [0, 0.1) is 0 Å². The van der Waals surface area contributed by atoms with Gasteiger partial charge in [-0.1, -0.05) is 0 Å². The average molecular weight is 570 g/mol. The minimum atomic E-state index is 0. The first-order chi connectivity index (χ1) is 0. The molecule has 0 heterocycles. The summed E-state index contributed by atoms with van der Waals surface area (Å²) in [5, 5.41) is 0. The number of rotatable bonds is 0. The van der Waals surface area contributed by atoms with E-state index in [4.69, 9.17) is 0 Å². The molecule has 0 aliphatic rings. The Balaban J connectivity index is 0. The standard InChI is InChI=1S/2H2O.2Rf/h2*1H2;;. The summed E-state index contributed by atoms with van der Waals surface area (Å²) in [7, 11) is 0. The van der Waals surface area contributed by atoms with Crippen molar-refractivity contribution in [3.8, 4) is 0 Å². The first kappa shape index (κ1) is 0.376. The Morgan fingerprint density at radius 3 is 0.500 bits per heavy atom. The summed E-state index contributed by atoms with van der Waals surface area (Å²) in [6.07, 6.45) is 0. The minimum absolute atomic E-state index is 0. The maximum Gasteiger partial charge on any atom is 0 e. The summed E-state index contributed by atoms with van der Waals surface area (Å²) in [6.45, 7) is 0. The second kappa shape index (κ2) is 0.00136. The zero-order chi connectivity index (χ0) is 0. The predicted octanol–water partition coefficient (Wildman–Crippen LogP) is -1.65. The van der Waals surface area contributed by atoms with Gasteiger partial charge in [-0.15, -0.1) is 0 Å². The summed E-state index contributed by atoms with van der Waals surface area (Å²) in [5.41, 5.74) is 0. The van der Waals surface area contributed by atoms with Crippen molar-refractivity contribution in [3.05, 3.63) is 0 Å². The first-order valence-corrected chi connectivity index (χ1v) is 0. The molecule has 0 spiro atoms. The van der Waals surface area contributed by atoms with Crippen LogP contribution in [0.15, 0.2) is 0 Å². The van der Waals surface area contributed by atoms with Crippen molar-refractivity contribution < 1.29 is 11.0 Å². The van der Waals surface area contributed by atoms with E-state index in [1.54, 1.807) is 0 Å². The summed E-state index contributed by atoms with van der Waals surface area (Å²) >= 11 is 0. The molecule has 0 aromatic rings. The van der Waals surface area contributed by atoms with Crippen LogP contribution >= 0.6 is 0 Å². The molecule has 0 aliphatic heterocycles. The Kier molecular flexibility index (Phi) is 0.000128. The third-order valence-electron chi connectivity index (χ3n) is 0. The van der Waals surface area contributed by atoms with Gasteiger partial charge in [-0.2, -0.15) is 0 Å². The van der Waals surface area contributed by atoms with Crippen molar-refractivity contribution in [2.24, 2.45) is 0 Å². The molecule has 0 fully saturated rings. The molecule has 4 heavy (non-hydrogen) atoms. The fourth-order valence-electron chi connectivity index (χ4n) is 0. The first-order valence-electron chi connectivity index (χ1n) is 0. The molecule has 2 nitrogen and oxygen atoms in total. The van der Waals surface area contributed by atoms with Crippen molar-refractivity contribution in [1.82, 2.24) is 0 Å². The van der Waals surface area contributed by atoms with E-state index in [0.717, 1.165) is 0 Å². The molecule has 4 N–H and O–H groups in total.